The molecule has 1 aliphatic carbocycles. The Morgan fingerprint density at radius 2 is 1.80 bits per heavy atom. The first-order valence-corrected chi connectivity index (χ1v) is 4.63. The minimum atomic E-state index is 0.637. The molecule has 10 heavy (non-hydrogen) atoms. The molecule has 1 saturated carbocycles. The number of hydrogen-bond donors (Lipinski definition) is 0. The van der Waals surface area contributed by atoms with Gasteiger partial charge in [-0.15, -0.1) is 0 Å². The van der Waals surface area contributed by atoms with Gasteiger partial charge in [0.1, 0.15) is 7.28 Å². The fourth-order valence-electron chi connectivity index (χ4n) is 2.10. The van der Waals surface area contributed by atoms with Crippen molar-refractivity contribution in [3.8, 4) is 0 Å². The Hall–Kier alpha value is 0.0649. The zero-order chi connectivity index (χ0) is 7.45. The Morgan fingerprint density at radius 3 is 2.10 bits per heavy atom. The molecule has 0 saturated heterocycles. The standard InChI is InChI=1S/C9H18B/c1-3-9(10-2)7-5-4-6-8-9/h3-8H2,1-2H3. The quantitative estimate of drug-likeness (QED) is 0.512. The Morgan fingerprint density at radius 1 is 1.20 bits per heavy atom. The van der Waals surface area contributed by atoms with E-state index in [1.165, 1.54) is 38.5 Å². The summed E-state index contributed by atoms with van der Waals surface area (Å²) in [5.41, 5.74) is 0. The first kappa shape index (κ1) is 8.16. The van der Waals surface area contributed by atoms with Gasteiger partial charge in [-0.25, -0.2) is 0 Å². The van der Waals surface area contributed by atoms with Gasteiger partial charge < -0.3 is 0 Å². The average Bonchev–Trinajstić information content (AvgIpc) is 2.06. The van der Waals surface area contributed by atoms with Crippen LogP contribution in [-0.2, 0) is 0 Å². The molecule has 0 unspecified atom stereocenters. The maximum Gasteiger partial charge on any atom is 0.114 e. The molecule has 0 spiro atoms. The second-order valence-electron chi connectivity index (χ2n) is 3.57. The Kier molecular flexibility index (Phi) is 2.82. The summed E-state index contributed by atoms with van der Waals surface area (Å²) in [5.74, 6) is 0. The molecule has 0 atom stereocenters. The molecule has 1 heteroatoms. The third-order valence-electron chi connectivity index (χ3n) is 3.17. The maximum absolute atomic E-state index is 2.44. The predicted octanol–water partition coefficient (Wildman–Crippen LogP) is 3.27. The van der Waals surface area contributed by atoms with Crippen LogP contribution in [0.15, 0.2) is 0 Å². The zero-order valence-electron chi connectivity index (χ0n) is 7.32. The van der Waals surface area contributed by atoms with Gasteiger partial charge >= 0.3 is 0 Å². The highest BCUT2D eigenvalue weighted by Gasteiger charge is 2.27. The van der Waals surface area contributed by atoms with Crippen molar-refractivity contribution in [1.29, 1.82) is 0 Å². The molecule has 1 fully saturated rings. The van der Waals surface area contributed by atoms with E-state index in [1.807, 2.05) is 0 Å². The molecule has 0 nitrogen and oxygen atoms in total. The van der Waals surface area contributed by atoms with Crippen molar-refractivity contribution in [3.05, 3.63) is 0 Å². The molecule has 0 aliphatic heterocycles. The summed E-state index contributed by atoms with van der Waals surface area (Å²) in [6, 6.07) is 0. The third kappa shape index (κ3) is 1.56. The predicted molar refractivity (Wildman–Crippen MR) is 47.7 cm³/mol. The van der Waals surface area contributed by atoms with Gasteiger partial charge in [-0.3, -0.25) is 0 Å². The van der Waals surface area contributed by atoms with Crippen LogP contribution in [-0.4, -0.2) is 7.28 Å². The largest absolute Gasteiger partial charge is 0.114 e. The average molecular weight is 137 g/mol. The van der Waals surface area contributed by atoms with Crippen LogP contribution >= 0.6 is 0 Å². The SMILES string of the molecule is C[B]C1(CC)CCCCC1. The summed E-state index contributed by atoms with van der Waals surface area (Å²) < 4.78 is 0. The lowest BCUT2D eigenvalue weighted by atomic mass is 9.47. The molecule has 0 heterocycles. The lowest BCUT2D eigenvalue weighted by molar-refractivity contribution is 0.365. The Bertz CT molecular complexity index is 86.9. The van der Waals surface area contributed by atoms with Crippen molar-refractivity contribution >= 4 is 7.28 Å². The molecule has 1 radical (unpaired) electrons. The van der Waals surface area contributed by atoms with Gasteiger partial charge in [0, 0.05) is 0 Å². The molecule has 1 aliphatic rings. The van der Waals surface area contributed by atoms with Gasteiger partial charge in [0.2, 0.25) is 0 Å². The molecule has 1 rings (SSSR count). The van der Waals surface area contributed by atoms with Crippen molar-refractivity contribution in [2.45, 2.75) is 57.6 Å². The first-order chi connectivity index (χ1) is 4.83. The van der Waals surface area contributed by atoms with Gasteiger partial charge in [-0.05, 0) is 0 Å². The molecule has 0 N–H and O–H groups in total. The van der Waals surface area contributed by atoms with Crippen LogP contribution in [0.4, 0.5) is 0 Å². The van der Waals surface area contributed by atoms with Crippen molar-refractivity contribution in [1.82, 2.24) is 0 Å². The van der Waals surface area contributed by atoms with Crippen LogP contribution < -0.4 is 0 Å². The van der Waals surface area contributed by atoms with Crippen molar-refractivity contribution in [2.75, 3.05) is 0 Å². The molecule has 0 amide bonds. The van der Waals surface area contributed by atoms with E-state index in [0.29, 0.717) is 5.31 Å². The van der Waals surface area contributed by atoms with E-state index in [4.69, 9.17) is 0 Å². The normalized spacial score (nSPS) is 24.2. The van der Waals surface area contributed by atoms with Crippen molar-refractivity contribution < 1.29 is 0 Å². The van der Waals surface area contributed by atoms with Crippen LogP contribution in [0.2, 0.25) is 12.1 Å². The highest BCUT2D eigenvalue weighted by molar-refractivity contribution is 6.38. The minimum absolute atomic E-state index is 0.637. The molecule has 0 aromatic carbocycles. The monoisotopic (exact) mass is 137 g/mol. The topological polar surface area (TPSA) is 0 Å². The van der Waals surface area contributed by atoms with Crippen molar-refractivity contribution in [3.63, 3.8) is 0 Å². The van der Waals surface area contributed by atoms with Gasteiger partial charge in [0.15, 0.2) is 0 Å². The van der Waals surface area contributed by atoms with E-state index in [2.05, 4.69) is 21.0 Å². The van der Waals surface area contributed by atoms with Crippen LogP contribution in [0, 0.1) is 0 Å². The van der Waals surface area contributed by atoms with Gasteiger partial charge in [-0.1, -0.05) is 57.6 Å². The molecular formula is C9H18B. The van der Waals surface area contributed by atoms with Crippen LogP contribution in [0.1, 0.15) is 45.4 Å². The molecule has 57 valence electrons. The van der Waals surface area contributed by atoms with E-state index < -0.39 is 0 Å². The highest BCUT2D eigenvalue weighted by atomic mass is 14.3. The molecule has 0 bridgehead atoms. The minimum Gasteiger partial charge on any atom is -0.0914 e. The van der Waals surface area contributed by atoms with Crippen LogP contribution in [0.5, 0.6) is 0 Å². The van der Waals surface area contributed by atoms with Crippen molar-refractivity contribution in [2.24, 2.45) is 0 Å². The van der Waals surface area contributed by atoms with E-state index in [-0.39, 0.29) is 0 Å². The number of rotatable bonds is 2. The van der Waals surface area contributed by atoms with E-state index in [9.17, 15) is 0 Å². The van der Waals surface area contributed by atoms with E-state index in [1.54, 1.807) is 0 Å². The summed E-state index contributed by atoms with van der Waals surface area (Å²) >= 11 is 0. The summed E-state index contributed by atoms with van der Waals surface area (Å²) in [6.45, 7) is 4.56. The number of hydrogen-bond acceptors (Lipinski definition) is 0. The van der Waals surface area contributed by atoms with Gasteiger partial charge in [-0.2, -0.15) is 0 Å². The third-order valence-corrected chi connectivity index (χ3v) is 3.17. The van der Waals surface area contributed by atoms with E-state index in [0.717, 1.165) is 0 Å². The van der Waals surface area contributed by atoms with Crippen LogP contribution in [0.25, 0.3) is 0 Å². The summed E-state index contributed by atoms with van der Waals surface area (Å²) in [5, 5.41) is 0.637. The zero-order valence-corrected chi connectivity index (χ0v) is 7.32. The van der Waals surface area contributed by atoms with E-state index >= 15 is 0 Å². The molecule has 0 aromatic rings. The smallest absolute Gasteiger partial charge is 0.0914 e. The maximum atomic E-state index is 2.44. The molecule has 0 aromatic heterocycles. The fourth-order valence-corrected chi connectivity index (χ4v) is 2.10. The highest BCUT2D eigenvalue weighted by Crippen LogP contribution is 2.44. The fraction of sp³-hybridized carbons (Fsp3) is 1.00. The second-order valence-corrected chi connectivity index (χ2v) is 3.57. The van der Waals surface area contributed by atoms with Crippen LogP contribution in [0.3, 0.4) is 0 Å². The lowest BCUT2D eigenvalue weighted by Crippen LogP contribution is -2.20. The molecular weight excluding hydrogens is 119 g/mol. The summed E-state index contributed by atoms with van der Waals surface area (Å²) in [6.07, 6.45) is 8.62. The first-order valence-electron chi connectivity index (χ1n) is 4.63. The Labute approximate surface area is 65.6 Å². The lowest BCUT2D eigenvalue weighted by Gasteiger charge is -2.35. The van der Waals surface area contributed by atoms with Gasteiger partial charge in [0.05, 0.1) is 0 Å². The Balaban J connectivity index is 2.44. The van der Waals surface area contributed by atoms with Gasteiger partial charge in [0.25, 0.3) is 0 Å². The summed E-state index contributed by atoms with van der Waals surface area (Å²) in [4.78, 5) is 0. The summed E-state index contributed by atoms with van der Waals surface area (Å²) in [7, 11) is 2.44. The second kappa shape index (κ2) is 3.45.